The Morgan fingerprint density at radius 2 is 1.59 bits per heavy atom. The fraction of sp³-hybridized carbons (Fsp3) is 0.269. The molecule has 1 amide bonds. The molecule has 0 unspecified atom stereocenters. The Morgan fingerprint density at radius 3 is 2.21 bits per heavy atom. The van der Waals surface area contributed by atoms with E-state index in [4.69, 9.17) is 9.47 Å². The van der Waals surface area contributed by atoms with Gasteiger partial charge in [0.2, 0.25) is 5.91 Å². The Bertz CT molecular complexity index is 1180. The van der Waals surface area contributed by atoms with Crippen LogP contribution in [-0.4, -0.2) is 41.1 Å². The lowest BCUT2D eigenvalue weighted by Crippen LogP contribution is -2.43. The zero-order valence-electron chi connectivity index (χ0n) is 19.6. The second kappa shape index (κ2) is 11.6. The lowest BCUT2D eigenvalue weighted by Gasteiger charge is -2.26. The number of benzene rings is 3. The summed E-state index contributed by atoms with van der Waals surface area (Å²) < 4.78 is 38.9. The average molecular weight is 483 g/mol. The van der Waals surface area contributed by atoms with Gasteiger partial charge in [0, 0.05) is 12.1 Å². The van der Waals surface area contributed by atoms with E-state index in [2.05, 4.69) is 5.32 Å². The molecule has 0 aliphatic carbocycles. The standard InChI is InChI=1S/C26H30N2O5S/c1-20(14-15-21-10-6-4-7-11-21)27-26(29)19-28(34(30,31)23-12-8-5-9-13-23)24-18-22(32-2)16-17-25(24)33-3/h4-13,16-18,20H,14-15,19H2,1-3H3,(H,27,29)/t20-/m1/s1. The Morgan fingerprint density at radius 1 is 0.941 bits per heavy atom. The van der Waals surface area contributed by atoms with Gasteiger partial charge in [-0.25, -0.2) is 8.42 Å². The first kappa shape index (κ1) is 25.1. The summed E-state index contributed by atoms with van der Waals surface area (Å²) >= 11 is 0. The van der Waals surface area contributed by atoms with Crippen LogP contribution < -0.4 is 19.1 Å². The van der Waals surface area contributed by atoms with Crippen LogP contribution in [0.4, 0.5) is 5.69 Å². The van der Waals surface area contributed by atoms with Crippen molar-refractivity contribution in [1.82, 2.24) is 5.32 Å². The number of hydrogen-bond donors (Lipinski definition) is 1. The normalized spacial score (nSPS) is 12.0. The van der Waals surface area contributed by atoms with Gasteiger partial charge in [-0.05, 0) is 49.6 Å². The first-order chi connectivity index (χ1) is 16.3. The van der Waals surface area contributed by atoms with E-state index in [1.54, 1.807) is 36.4 Å². The molecule has 8 heteroatoms. The van der Waals surface area contributed by atoms with Crippen LogP contribution in [0.15, 0.2) is 83.8 Å². The molecule has 7 nitrogen and oxygen atoms in total. The third-order valence-electron chi connectivity index (χ3n) is 5.39. The van der Waals surface area contributed by atoms with E-state index in [1.165, 1.54) is 31.9 Å². The van der Waals surface area contributed by atoms with Crippen molar-refractivity contribution in [2.24, 2.45) is 0 Å². The van der Waals surface area contributed by atoms with Gasteiger partial charge in [0.1, 0.15) is 18.0 Å². The molecule has 1 N–H and O–H groups in total. The maximum Gasteiger partial charge on any atom is 0.264 e. The molecule has 3 aromatic rings. The highest BCUT2D eigenvalue weighted by molar-refractivity contribution is 7.92. The van der Waals surface area contributed by atoms with E-state index in [9.17, 15) is 13.2 Å². The van der Waals surface area contributed by atoms with Crippen molar-refractivity contribution < 1.29 is 22.7 Å². The average Bonchev–Trinajstić information content (AvgIpc) is 2.86. The van der Waals surface area contributed by atoms with Gasteiger partial charge in [0.25, 0.3) is 10.0 Å². The second-order valence-corrected chi connectivity index (χ2v) is 9.72. The number of amides is 1. The maximum absolute atomic E-state index is 13.6. The summed E-state index contributed by atoms with van der Waals surface area (Å²) in [4.78, 5) is 13.1. The van der Waals surface area contributed by atoms with Crippen LogP contribution in [0.25, 0.3) is 0 Å². The van der Waals surface area contributed by atoms with Gasteiger partial charge in [-0.2, -0.15) is 0 Å². The molecule has 0 aliphatic rings. The molecule has 0 radical (unpaired) electrons. The SMILES string of the molecule is COc1ccc(OC)c(N(CC(=O)N[C@H](C)CCc2ccccc2)S(=O)(=O)c2ccccc2)c1. The number of aryl methyl sites for hydroxylation is 1. The van der Waals surface area contributed by atoms with Crippen LogP contribution in [0.2, 0.25) is 0 Å². The fourth-order valence-corrected chi connectivity index (χ4v) is 5.01. The summed E-state index contributed by atoms with van der Waals surface area (Å²) in [6.07, 6.45) is 1.53. The van der Waals surface area contributed by atoms with Crippen LogP contribution in [0.3, 0.4) is 0 Å². The van der Waals surface area contributed by atoms with Gasteiger partial charge < -0.3 is 14.8 Å². The topological polar surface area (TPSA) is 84.9 Å². The molecule has 0 aromatic heterocycles. The van der Waals surface area contributed by atoms with E-state index in [0.29, 0.717) is 11.5 Å². The van der Waals surface area contributed by atoms with Crippen molar-refractivity contribution in [3.8, 4) is 11.5 Å². The fourth-order valence-electron chi connectivity index (χ4n) is 3.56. The predicted octanol–water partition coefficient (Wildman–Crippen LogP) is 4.04. The van der Waals surface area contributed by atoms with Crippen molar-refractivity contribution in [2.75, 3.05) is 25.1 Å². The van der Waals surface area contributed by atoms with Crippen molar-refractivity contribution in [1.29, 1.82) is 0 Å². The second-order valence-electron chi connectivity index (χ2n) is 7.86. The minimum Gasteiger partial charge on any atom is -0.497 e. The lowest BCUT2D eigenvalue weighted by molar-refractivity contribution is -0.120. The first-order valence-corrected chi connectivity index (χ1v) is 12.4. The molecule has 0 bridgehead atoms. The minimum atomic E-state index is -4.06. The number of ether oxygens (including phenoxy) is 2. The highest BCUT2D eigenvalue weighted by atomic mass is 32.2. The molecule has 0 spiro atoms. The molecule has 0 saturated carbocycles. The van der Waals surface area contributed by atoms with Gasteiger partial charge in [-0.3, -0.25) is 9.10 Å². The summed E-state index contributed by atoms with van der Waals surface area (Å²) in [6.45, 7) is 1.50. The zero-order valence-corrected chi connectivity index (χ0v) is 20.4. The molecule has 0 fully saturated rings. The van der Waals surface area contributed by atoms with Gasteiger partial charge in [-0.1, -0.05) is 48.5 Å². The predicted molar refractivity (Wildman–Crippen MR) is 133 cm³/mol. The van der Waals surface area contributed by atoms with Crippen molar-refractivity contribution >= 4 is 21.6 Å². The van der Waals surface area contributed by atoms with Crippen LogP contribution in [0.1, 0.15) is 18.9 Å². The number of anilines is 1. The Hall–Kier alpha value is -3.52. The molecule has 0 saturated heterocycles. The van der Waals surface area contributed by atoms with E-state index < -0.39 is 22.5 Å². The number of sulfonamides is 1. The van der Waals surface area contributed by atoms with E-state index in [-0.39, 0.29) is 16.6 Å². The van der Waals surface area contributed by atoms with Crippen LogP contribution in [-0.2, 0) is 21.2 Å². The number of carbonyl (C=O) groups is 1. The molecule has 3 rings (SSSR count). The number of methoxy groups -OCH3 is 2. The van der Waals surface area contributed by atoms with E-state index in [0.717, 1.165) is 17.1 Å². The smallest absolute Gasteiger partial charge is 0.264 e. The molecule has 34 heavy (non-hydrogen) atoms. The Labute approximate surface area is 201 Å². The molecule has 1 atom stereocenters. The van der Waals surface area contributed by atoms with Crippen molar-refractivity contribution in [3.63, 3.8) is 0 Å². The number of nitrogens with zero attached hydrogens (tertiary/aromatic N) is 1. The highest BCUT2D eigenvalue weighted by Crippen LogP contribution is 2.35. The summed E-state index contributed by atoms with van der Waals surface area (Å²) in [5.41, 5.74) is 1.40. The first-order valence-electron chi connectivity index (χ1n) is 11.0. The van der Waals surface area contributed by atoms with Crippen LogP contribution in [0.5, 0.6) is 11.5 Å². The third kappa shape index (κ3) is 6.29. The number of rotatable bonds is 11. The number of nitrogens with one attached hydrogen (secondary N) is 1. The summed E-state index contributed by atoms with van der Waals surface area (Å²) in [5, 5.41) is 2.92. The van der Waals surface area contributed by atoms with Gasteiger partial charge in [0.15, 0.2) is 0 Å². The van der Waals surface area contributed by atoms with Crippen LogP contribution >= 0.6 is 0 Å². The van der Waals surface area contributed by atoms with Crippen molar-refractivity contribution in [2.45, 2.75) is 30.7 Å². The molecular weight excluding hydrogens is 452 g/mol. The largest absolute Gasteiger partial charge is 0.497 e. The highest BCUT2D eigenvalue weighted by Gasteiger charge is 2.30. The zero-order chi connectivity index (χ0) is 24.6. The third-order valence-corrected chi connectivity index (χ3v) is 7.16. The molecular formula is C26H30N2O5S. The maximum atomic E-state index is 13.6. The molecule has 0 heterocycles. The number of hydrogen-bond acceptors (Lipinski definition) is 5. The quantitative estimate of drug-likeness (QED) is 0.446. The summed E-state index contributed by atoms with van der Waals surface area (Å²) in [7, 11) is -1.12. The Balaban J connectivity index is 1.85. The number of carbonyl (C=O) groups excluding carboxylic acids is 1. The van der Waals surface area contributed by atoms with Gasteiger partial charge in [0.05, 0.1) is 24.8 Å². The molecule has 3 aromatic carbocycles. The summed E-state index contributed by atoms with van der Waals surface area (Å²) in [5.74, 6) is 0.343. The van der Waals surface area contributed by atoms with Crippen LogP contribution in [0, 0.1) is 0 Å². The molecule has 0 aliphatic heterocycles. The minimum absolute atomic E-state index is 0.0739. The van der Waals surface area contributed by atoms with E-state index in [1.807, 2.05) is 37.3 Å². The summed E-state index contributed by atoms with van der Waals surface area (Å²) in [6, 6.07) is 22.7. The van der Waals surface area contributed by atoms with Gasteiger partial charge in [-0.15, -0.1) is 0 Å². The lowest BCUT2D eigenvalue weighted by atomic mass is 10.1. The Kier molecular flexibility index (Phi) is 8.54. The van der Waals surface area contributed by atoms with Crippen molar-refractivity contribution in [3.05, 3.63) is 84.4 Å². The van der Waals surface area contributed by atoms with E-state index >= 15 is 0 Å². The monoisotopic (exact) mass is 482 g/mol. The van der Waals surface area contributed by atoms with Gasteiger partial charge >= 0.3 is 0 Å². The molecule has 180 valence electrons.